The van der Waals surface area contributed by atoms with Crippen molar-refractivity contribution in [2.45, 2.75) is 65.5 Å². The van der Waals surface area contributed by atoms with E-state index in [1.165, 1.54) is 49.9 Å². The maximum Gasteiger partial charge on any atom is 0.0448 e. The van der Waals surface area contributed by atoms with Crippen LogP contribution in [0, 0.1) is 6.92 Å². The molecule has 1 aromatic heterocycles. The number of pyridine rings is 1. The minimum Gasteiger partial charge on any atom is -0.368 e. The van der Waals surface area contributed by atoms with Crippen molar-refractivity contribution in [2.24, 2.45) is 0 Å². The number of aryl methyl sites for hydroxylation is 1. The molecule has 20 heavy (non-hydrogen) atoms. The highest BCUT2D eigenvalue weighted by molar-refractivity contribution is 5.55. The Hall–Kier alpha value is -1.09. The highest BCUT2D eigenvalue weighted by Crippen LogP contribution is 2.34. The fraction of sp³-hybridized carbons (Fsp3) is 0.706. The van der Waals surface area contributed by atoms with E-state index in [-0.39, 0.29) is 0 Å². The standard InChI is InChI=1S/C17H29N3/c1-4-6-10-20(16-7-8-16)17-11-14(3)19-13-15(17)12-18-9-5-2/h11,13,16,18H,4-10,12H2,1-3H3. The van der Waals surface area contributed by atoms with Gasteiger partial charge in [0.2, 0.25) is 0 Å². The third kappa shape index (κ3) is 4.20. The average molecular weight is 275 g/mol. The Kier molecular flexibility index (Phi) is 5.84. The molecule has 0 spiro atoms. The van der Waals surface area contributed by atoms with Crippen LogP contribution in [0.3, 0.4) is 0 Å². The average Bonchev–Trinajstić information content (AvgIpc) is 3.26. The van der Waals surface area contributed by atoms with Gasteiger partial charge in [0.25, 0.3) is 0 Å². The van der Waals surface area contributed by atoms with E-state index in [4.69, 9.17) is 0 Å². The largest absolute Gasteiger partial charge is 0.368 e. The molecule has 1 aliphatic rings. The fourth-order valence-corrected chi connectivity index (χ4v) is 2.59. The SMILES string of the molecule is CCCCN(c1cc(C)ncc1CNCCC)C1CC1. The molecule has 1 fully saturated rings. The van der Waals surface area contributed by atoms with Crippen molar-refractivity contribution in [3.05, 3.63) is 23.5 Å². The predicted molar refractivity (Wildman–Crippen MR) is 86.2 cm³/mol. The van der Waals surface area contributed by atoms with Gasteiger partial charge in [-0.1, -0.05) is 20.3 Å². The van der Waals surface area contributed by atoms with E-state index >= 15 is 0 Å². The third-order valence-electron chi connectivity index (χ3n) is 3.89. The summed E-state index contributed by atoms with van der Waals surface area (Å²) in [6, 6.07) is 3.05. The first-order valence-electron chi connectivity index (χ1n) is 8.19. The lowest BCUT2D eigenvalue weighted by molar-refractivity contribution is 0.663. The predicted octanol–water partition coefficient (Wildman–Crippen LogP) is 3.66. The molecule has 1 aromatic rings. The van der Waals surface area contributed by atoms with E-state index in [0.717, 1.165) is 24.8 Å². The molecular weight excluding hydrogens is 246 g/mol. The Bertz CT molecular complexity index is 413. The Morgan fingerprint density at radius 2 is 2.10 bits per heavy atom. The van der Waals surface area contributed by atoms with Crippen LogP contribution in [0.15, 0.2) is 12.3 Å². The Balaban J connectivity index is 2.14. The van der Waals surface area contributed by atoms with Crippen LogP contribution in [0.4, 0.5) is 5.69 Å². The zero-order chi connectivity index (χ0) is 14.4. The van der Waals surface area contributed by atoms with E-state index < -0.39 is 0 Å². The number of rotatable bonds is 9. The zero-order valence-electron chi connectivity index (χ0n) is 13.3. The van der Waals surface area contributed by atoms with Crippen molar-refractivity contribution in [3.63, 3.8) is 0 Å². The summed E-state index contributed by atoms with van der Waals surface area (Å²) in [5.41, 5.74) is 3.89. The van der Waals surface area contributed by atoms with Gasteiger partial charge in [-0.05, 0) is 45.2 Å². The first-order valence-corrected chi connectivity index (χ1v) is 8.19. The fourth-order valence-electron chi connectivity index (χ4n) is 2.59. The molecule has 112 valence electrons. The summed E-state index contributed by atoms with van der Waals surface area (Å²) >= 11 is 0. The van der Waals surface area contributed by atoms with Crippen molar-refractivity contribution in [1.82, 2.24) is 10.3 Å². The molecule has 0 aliphatic heterocycles. The second kappa shape index (κ2) is 7.63. The summed E-state index contributed by atoms with van der Waals surface area (Å²) in [4.78, 5) is 7.12. The number of unbranched alkanes of at least 4 members (excludes halogenated alkanes) is 1. The van der Waals surface area contributed by atoms with Crippen LogP contribution in [0.2, 0.25) is 0 Å². The molecule has 2 rings (SSSR count). The van der Waals surface area contributed by atoms with E-state index in [9.17, 15) is 0 Å². The van der Waals surface area contributed by atoms with Crippen LogP contribution in [-0.4, -0.2) is 24.1 Å². The highest BCUT2D eigenvalue weighted by atomic mass is 15.2. The molecule has 1 heterocycles. The Labute approximate surface area is 123 Å². The highest BCUT2D eigenvalue weighted by Gasteiger charge is 2.30. The number of hydrogen-bond acceptors (Lipinski definition) is 3. The quantitative estimate of drug-likeness (QED) is 0.697. The monoisotopic (exact) mass is 275 g/mol. The lowest BCUT2D eigenvalue weighted by Crippen LogP contribution is -2.29. The lowest BCUT2D eigenvalue weighted by Gasteiger charge is -2.27. The van der Waals surface area contributed by atoms with Gasteiger partial charge in [-0.15, -0.1) is 0 Å². The molecular formula is C17H29N3. The molecule has 0 unspecified atom stereocenters. The van der Waals surface area contributed by atoms with Crippen molar-refractivity contribution < 1.29 is 0 Å². The molecule has 0 atom stereocenters. The Morgan fingerprint density at radius 3 is 2.75 bits per heavy atom. The molecule has 3 heteroatoms. The van der Waals surface area contributed by atoms with E-state index in [1.807, 2.05) is 0 Å². The summed E-state index contributed by atoms with van der Waals surface area (Å²) in [6.45, 7) is 9.77. The second-order valence-electron chi connectivity index (χ2n) is 5.91. The molecule has 0 saturated heterocycles. The van der Waals surface area contributed by atoms with Gasteiger partial charge in [0, 0.05) is 42.3 Å². The maximum atomic E-state index is 4.49. The van der Waals surface area contributed by atoms with Gasteiger partial charge in [-0.2, -0.15) is 0 Å². The molecule has 0 amide bonds. The van der Waals surface area contributed by atoms with E-state index in [0.29, 0.717) is 0 Å². The maximum absolute atomic E-state index is 4.49. The summed E-state index contributed by atoms with van der Waals surface area (Å²) in [5.74, 6) is 0. The van der Waals surface area contributed by atoms with Gasteiger partial charge in [0.1, 0.15) is 0 Å². The minimum absolute atomic E-state index is 0.772. The van der Waals surface area contributed by atoms with Gasteiger partial charge in [0.15, 0.2) is 0 Å². The number of anilines is 1. The summed E-state index contributed by atoms with van der Waals surface area (Å²) < 4.78 is 0. The van der Waals surface area contributed by atoms with Crippen LogP contribution in [-0.2, 0) is 6.54 Å². The third-order valence-corrected chi connectivity index (χ3v) is 3.89. The van der Waals surface area contributed by atoms with Crippen molar-refractivity contribution in [2.75, 3.05) is 18.0 Å². The van der Waals surface area contributed by atoms with Gasteiger partial charge in [-0.3, -0.25) is 4.98 Å². The van der Waals surface area contributed by atoms with Crippen LogP contribution in [0.5, 0.6) is 0 Å². The van der Waals surface area contributed by atoms with E-state index in [2.05, 4.69) is 48.2 Å². The smallest absolute Gasteiger partial charge is 0.0448 e. The van der Waals surface area contributed by atoms with Gasteiger partial charge in [-0.25, -0.2) is 0 Å². The zero-order valence-corrected chi connectivity index (χ0v) is 13.3. The number of nitrogens with one attached hydrogen (secondary N) is 1. The number of hydrogen-bond donors (Lipinski definition) is 1. The van der Waals surface area contributed by atoms with Crippen molar-refractivity contribution in [1.29, 1.82) is 0 Å². The van der Waals surface area contributed by atoms with Crippen molar-refractivity contribution in [3.8, 4) is 0 Å². The van der Waals surface area contributed by atoms with Gasteiger partial charge in [0.05, 0.1) is 0 Å². The first kappa shape index (κ1) is 15.3. The molecule has 3 nitrogen and oxygen atoms in total. The van der Waals surface area contributed by atoms with Crippen LogP contribution in [0.1, 0.15) is 57.2 Å². The summed E-state index contributed by atoms with van der Waals surface area (Å²) in [6.07, 6.45) is 8.49. The summed E-state index contributed by atoms with van der Waals surface area (Å²) in [7, 11) is 0. The normalized spacial score (nSPS) is 14.6. The van der Waals surface area contributed by atoms with Crippen LogP contribution in [0.25, 0.3) is 0 Å². The molecule has 0 bridgehead atoms. The lowest BCUT2D eigenvalue weighted by atomic mass is 10.1. The number of nitrogens with zero attached hydrogens (tertiary/aromatic N) is 2. The van der Waals surface area contributed by atoms with Crippen molar-refractivity contribution >= 4 is 5.69 Å². The minimum atomic E-state index is 0.772. The van der Waals surface area contributed by atoms with Crippen LogP contribution >= 0.6 is 0 Å². The van der Waals surface area contributed by atoms with Gasteiger partial charge < -0.3 is 10.2 Å². The first-order chi connectivity index (χ1) is 9.76. The summed E-state index contributed by atoms with van der Waals surface area (Å²) in [5, 5.41) is 3.51. The molecule has 1 saturated carbocycles. The Morgan fingerprint density at radius 1 is 1.30 bits per heavy atom. The molecule has 0 aromatic carbocycles. The van der Waals surface area contributed by atoms with Gasteiger partial charge >= 0.3 is 0 Å². The topological polar surface area (TPSA) is 28.2 Å². The second-order valence-corrected chi connectivity index (χ2v) is 5.91. The molecule has 0 radical (unpaired) electrons. The molecule has 1 aliphatic carbocycles. The number of aromatic nitrogens is 1. The van der Waals surface area contributed by atoms with Crippen LogP contribution < -0.4 is 10.2 Å². The van der Waals surface area contributed by atoms with E-state index in [1.54, 1.807) is 0 Å². The molecule has 1 N–H and O–H groups in total.